The maximum Gasteiger partial charge on any atom is 0.342 e. The van der Waals surface area contributed by atoms with E-state index in [4.69, 9.17) is 10.4 Å². The van der Waals surface area contributed by atoms with Crippen LogP contribution in [-0.4, -0.2) is 19.9 Å². The van der Waals surface area contributed by atoms with Crippen molar-refractivity contribution >= 4 is 0 Å². The molecular weight excluding hydrogens is 208 g/mol. The number of aromatic nitrogens is 3. The SMILES string of the molecule is Cn1nc[nH]c1=O.N#Cc1ccc(O)cc1. The average Bonchev–Trinajstić information content (AvgIpc) is 2.65. The quantitative estimate of drug-likeness (QED) is 0.668. The van der Waals surface area contributed by atoms with Gasteiger partial charge in [0.2, 0.25) is 0 Å². The van der Waals surface area contributed by atoms with Crippen LogP contribution in [0.25, 0.3) is 0 Å². The van der Waals surface area contributed by atoms with E-state index in [1.54, 1.807) is 19.2 Å². The summed E-state index contributed by atoms with van der Waals surface area (Å²) >= 11 is 0. The lowest BCUT2D eigenvalue weighted by atomic mass is 10.2. The Bertz CT molecular complexity index is 533. The second kappa shape index (κ2) is 5.36. The van der Waals surface area contributed by atoms with Gasteiger partial charge in [0.25, 0.3) is 0 Å². The van der Waals surface area contributed by atoms with Crippen LogP contribution < -0.4 is 5.69 Å². The topological polar surface area (TPSA) is 94.7 Å². The van der Waals surface area contributed by atoms with Crippen molar-refractivity contribution in [3.05, 3.63) is 46.6 Å². The summed E-state index contributed by atoms with van der Waals surface area (Å²) < 4.78 is 1.22. The molecule has 2 rings (SSSR count). The van der Waals surface area contributed by atoms with Gasteiger partial charge in [0, 0.05) is 7.05 Å². The van der Waals surface area contributed by atoms with Crippen molar-refractivity contribution in [2.45, 2.75) is 0 Å². The fourth-order valence-corrected chi connectivity index (χ4v) is 0.853. The molecule has 0 fully saturated rings. The Kier molecular flexibility index (Phi) is 3.86. The molecule has 16 heavy (non-hydrogen) atoms. The van der Waals surface area contributed by atoms with Crippen molar-refractivity contribution in [3.63, 3.8) is 0 Å². The summed E-state index contributed by atoms with van der Waals surface area (Å²) in [4.78, 5) is 12.6. The number of rotatable bonds is 0. The summed E-state index contributed by atoms with van der Waals surface area (Å²) in [6.07, 6.45) is 1.35. The van der Waals surface area contributed by atoms with E-state index in [0.29, 0.717) is 5.56 Å². The van der Waals surface area contributed by atoms with Crippen LogP contribution in [0.3, 0.4) is 0 Å². The van der Waals surface area contributed by atoms with Crippen LogP contribution in [0, 0.1) is 11.3 Å². The van der Waals surface area contributed by atoms with E-state index in [1.807, 2.05) is 6.07 Å². The number of aromatic hydroxyl groups is 1. The van der Waals surface area contributed by atoms with Crippen LogP contribution in [0.2, 0.25) is 0 Å². The highest BCUT2D eigenvalue weighted by Gasteiger charge is 1.86. The molecule has 0 spiro atoms. The molecule has 0 unspecified atom stereocenters. The van der Waals surface area contributed by atoms with Crippen LogP contribution in [-0.2, 0) is 7.05 Å². The number of H-pyrrole nitrogens is 1. The minimum absolute atomic E-state index is 0.181. The number of nitrogens with one attached hydrogen (secondary N) is 1. The lowest BCUT2D eigenvalue weighted by molar-refractivity contribution is 0.475. The summed E-state index contributed by atoms with van der Waals surface area (Å²) in [5, 5.41) is 20.6. The number of aromatic amines is 1. The van der Waals surface area contributed by atoms with Gasteiger partial charge >= 0.3 is 5.69 Å². The van der Waals surface area contributed by atoms with E-state index in [0.717, 1.165) is 0 Å². The van der Waals surface area contributed by atoms with Crippen molar-refractivity contribution in [2.24, 2.45) is 7.05 Å². The third-order valence-electron chi connectivity index (χ3n) is 1.71. The fourth-order valence-electron chi connectivity index (χ4n) is 0.853. The molecule has 6 heteroatoms. The number of benzene rings is 1. The molecule has 1 aromatic heterocycles. The predicted molar refractivity (Wildman–Crippen MR) is 56.7 cm³/mol. The molecule has 0 radical (unpaired) electrons. The molecule has 2 aromatic rings. The largest absolute Gasteiger partial charge is 0.508 e. The minimum Gasteiger partial charge on any atom is -0.508 e. The molecule has 0 bridgehead atoms. The summed E-state index contributed by atoms with van der Waals surface area (Å²) in [6, 6.07) is 8.04. The molecule has 0 atom stereocenters. The smallest absolute Gasteiger partial charge is 0.342 e. The Morgan fingerprint density at radius 2 is 2.06 bits per heavy atom. The number of nitrogens with zero attached hydrogens (tertiary/aromatic N) is 3. The molecule has 0 saturated carbocycles. The van der Waals surface area contributed by atoms with E-state index in [2.05, 4.69) is 10.1 Å². The number of phenols is 1. The molecule has 0 amide bonds. The van der Waals surface area contributed by atoms with Crippen molar-refractivity contribution < 1.29 is 5.11 Å². The first-order valence-electron chi connectivity index (χ1n) is 4.39. The van der Waals surface area contributed by atoms with Crippen LogP contribution in [0.4, 0.5) is 0 Å². The maximum atomic E-state index is 10.3. The van der Waals surface area contributed by atoms with Gasteiger partial charge in [0.1, 0.15) is 12.1 Å². The normalized spacial score (nSPS) is 8.75. The van der Waals surface area contributed by atoms with E-state index in [-0.39, 0.29) is 11.4 Å². The zero-order chi connectivity index (χ0) is 12.0. The first-order chi connectivity index (χ1) is 7.63. The van der Waals surface area contributed by atoms with Gasteiger partial charge < -0.3 is 5.11 Å². The number of hydrogen-bond acceptors (Lipinski definition) is 4. The van der Waals surface area contributed by atoms with Gasteiger partial charge in [-0.2, -0.15) is 10.4 Å². The highest BCUT2D eigenvalue weighted by atomic mass is 16.3. The molecule has 82 valence electrons. The van der Waals surface area contributed by atoms with Crippen molar-refractivity contribution in [3.8, 4) is 11.8 Å². The first-order valence-corrected chi connectivity index (χ1v) is 4.39. The molecular formula is C10H10N4O2. The van der Waals surface area contributed by atoms with Crippen LogP contribution >= 0.6 is 0 Å². The monoisotopic (exact) mass is 218 g/mol. The van der Waals surface area contributed by atoms with Crippen LogP contribution in [0.15, 0.2) is 35.4 Å². The van der Waals surface area contributed by atoms with E-state index >= 15 is 0 Å². The van der Waals surface area contributed by atoms with Crippen molar-refractivity contribution in [1.29, 1.82) is 5.26 Å². The summed E-state index contributed by atoms with van der Waals surface area (Å²) in [5.41, 5.74) is 0.382. The van der Waals surface area contributed by atoms with Gasteiger partial charge in [-0.1, -0.05) is 0 Å². The molecule has 2 N–H and O–H groups in total. The molecule has 1 heterocycles. The molecule has 0 aliphatic rings. The van der Waals surface area contributed by atoms with E-state index in [1.165, 1.54) is 23.1 Å². The Hall–Kier alpha value is -2.55. The van der Waals surface area contributed by atoms with Gasteiger partial charge in [0.05, 0.1) is 11.6 Å². The summed E-state index contributed by atoms with van der Waals surface area (Å²) in [6.45, 7) is 0. The number of hydrogen-bond donors (Lipinski definition) is 2. The van der Waals surface area contributed by atoms with Crippen LogP contribution in [0.5, 0.6) is 5.75 Å². The lowest BCUT2D eigenvalue weighted by Crippen LogP contribution is -2.12. The molecule has 0 saturated heterocycles. The Labute approximate surface area is 91.4 Å². The van der Waals surface area contributed by atoms with Gasteiger partial charge in [-0.05, 0) is 24.3 Å². The maximum absolute atomic E-state index is 10.3. The average molecular weight is 218 g/mol. The van der Waals surface area contributed by atoms with Gasteiger partial charge in [-0.15, -0.1) is 0 Å². The molecule has 1 aromatic carbocycles. The Balaban J connectivity index is 0.000000165. The van der Waals surface area contributed by atoms with Gasteiger partial charge in [-0.3, -0.25) is 4.98 Å². The molecule has 0 aliphatic heterocycles. The van der Waals surface area contributed by atoms with E-state index < -0.39 is 0 Å². The predicted octanol–water partition coefficient (Wildman–Crippen LogP) is 0.372. The summed E-state index contributed by atoms with van der Waals surface area (Å²) in [5.74, 6) is 0.189. The standard InChI is InChI=1S/C7H5NO.C3H5N3O/c8-5-6-1-3-7(9)4-2-6;1-6-3(7)4-2-5-6/h1-4,9H;2H,1H3,(H,4,5,7). The Morgan fingerprint density at radius 3 is 2.38 bits per heavy atom. The third kappa shape index (κ3) is 3.31. The van der Waals surface area contributed by atoms with E-state index in [9.17, 15) is 4.79 Å². The minimum atomic E-state index is -0.181. The zero-order valence-electron chi connectivity index (χ0n) is 8.58. The number of aryl methyl sites for hydroxylation is 1. The highest BCUT2D eigenvalue weighted by Crippen LogP contribution is 2.07. The second-order valence-corrected chi connectivity index (χ2v) is 2.88. The van der Waals surface area contributed by atoms with Crippen molar-refractivity contribution in [1.82, 2.24) is 14.8 Å². The fraction of sp³-hybridized carbons (Fsp3) is 0.100. The summed E-state index contributed by atoms with van der Waals surface area (Å²) in [7, 11) is 1.58. The molecule has 0 aliphatic carbocycles. The first kappa shape index (κ1) is 11.5. The van der Waals surface area contributed by atoms with Crippen molar-refractivity contribution in [2.75, 3.05) is 0 Å². The molecule has 6 nitrogen and oxygen atoms in total. The lowest BCUT2D eigenvalue weighted by Gasteiger charge is -1.87. The highest BCUT2D eigenvalue weighted by molar-refractivity contribution is 5.33. The number of phenolic OH excluding ortho intramolecular Hbond substituents is 1. The van der Waals surface area contributed by atoms with Gasteiger partial charge in [-0.25, -0.2) is 9.48 Å². The second-order valence-electron chi connectivity index (χ2n) is 2.88. The third-order valence-corrected chi connectivity index (χ3v) is 1.71. The van der Waals surface area contributed by atoms with Crippen LogP contribution in [0.1, 0.15) is 5.56 Å². The zero-order valence-corrected chi connectivity index (χ0v) is 8.58. The van der Waals surface area contributed by atoms with Gasteiger partial charge in [0.15, 0.2) is 0 Å². The number of nitriles is 1. The Morgan fingerprint density at radius 1 is 1.44 bits per heavy atom.